The van der Waals surface area contributed by atoms with Crippen molar-refractivity contribution >= 4 is 5.96 Å². The third-order valence-corrected chi connectivity index (χ3v) is 5.63. The van der Waals surface area contributed by atoms with Crippen molar-refractivity contribution in [1.29, 1.82) is 0 Å². The Morgan fingerprint density at radius 1 is 1.38 bits per heavy atom. The fraction of sp³-hybridized carbons (Fsp3) is 0.800. The van der Waals surface area contributed by atoms with Crippen molar-refractivity contribution in [3.05, 3.63) is 17.8 Å². The molecule has 1 aliphatic carbocycles. The van der Waals surface area contributed by atoms with E-state index in [0.29, 0.717) is 30.5 Å². The van der Waals surface area contributed by atoms with Gasteiger partial charge in [0.25, 0.3) is 0 Å². The minimum absolute atomic E-state index is 0.0380. The Kier molecular flexibility index (Phi) is 5.33. The summed E-state index contributed by atoms with van der Waals surface area (Å²) in [5, 5.41) is 6.99. The SMILES string of the molecule is CCNC(=NCc1ncc(C(C)(C)C)o1)NC1C2CCCOC2C1(C)C. The molecule has 1 aliphatic heterocycles. The number of fused-ring (bicyclic) bond motifs is 1. The molecule has 0 radical (unpaired) electrons. The van der Waals surface area contributed by atoms with Crippen LogP contribution in [0.15, 0.2) is 15.6 Å². The van der Waals surface area contributed by atoms with Crippen LogP contribution in [0.3, 0.4) is 0 Å². The molecule has 0 aromatic carbocycles. The van der Waals surface area contributed by atoms with Gasteiger partial charge in [-0.25, -0.2) is 9.98 Å². The van der Waals surface area contributed by atoms with Crippen LogP contribution in [0.25, 0.3) is 0 Å². The Morgan fingerprint density at radius 3 is 2.81 bits per heavy atom. The van der Waals surface area contributed by atoms with Crippen LogP contribution >= 0.6 is 0 Å². The van der Waals surface area contributed by atoms with E-state index in [2.05, 4.69) is 57.2 Å². The van der Waals surface area contributed by atoms with Gasteiger partial charge in [-0.1, -0.05) is 34.6 Å². The summed E-state index contributed by atoms with van der Waals surface area (Å²) in [5.74, 6) is 2.93. The van der Waals surface area contributed by atoms with Crippen LogP contribution in [0.4, 0.5) is 0 Å². The summed E-state index contributed by atoms with van der Waals surface area (Å²) >= 11 is 0. The number of guanidine groups is 1. The van der Waals surface area contributed by atoms with Gasteiger partial charge in [0.2, 0.25) is 5.89 Å². The van der Waals surface area contributed by atoms with Crippen LogP contribution in [-0.2, 0) is 16.7 Å². The van der Waals surface area contributed by atoms with Gasteiger partial charge >= 0.3 is 0 Å². The Morgan fingerprint density at radius 2 is 2.15 bits per heavy atom. The van der Waals surface area contributed by atoms with E-state index in [0.717, 1.165) is 31.3 Å². The predicted octanol–water partition coefficient (Wildman–Crippen LogP) is 3.23. The summed E-state index contributed by atoms with van der Waals surface area (Å²) in [6, 6.07) is 0.375. The third-order valence-electron chi connectivity index (χ3n) is 5.63. The van der Waals surface area contributed by atoms with Crippen LogP contribution in [0, 0.1) is 11.3 Å². The van der Waals surface area contributed by atoms with Gasteiger partial charge in [-0.05, 0) is 19.8 Å². The van der Waals surface area contributed by atoms with E-state index in [9.17, 15) is 0 Å². The average molecular weight is 363 g/mol. The van der Waals surface area contributed by atoms with E-state index >= 15 is 0 Å². The second-order valence-electron chi connectivity index (χ2n) is 9.10. The molecular formula is C20H34N4O2. The highest BCUT2D eigenvalue weighted by Crippen LogP contribution is 2.51. The van der Waals surface area contributed by atoms with Gasteiger partial charge < -0.3 is 19.8 Å². The highest BCUT2D eigenvalue weighted by atomic mass is 16.5. The lowest BCUT2D eigenvalue weighted by molar-refractivity contribution is -0.188. The first-order valence-corrected chi connectivity index (χ1v) is 9.85. The molecule has 6 nitrogen and oxygen atoms in total. The topological polar surface area (TPSA) is 71.7 Å². The molecule has 2 N–H and O–H groups in total. The maximum Gasteiger partial charge on any atom is 0.216 e. The van der Waals surface area contributed by atoms with Crippen LogP contribution < -0.4 is 10.6 Å². The lowest BCUT2D eigenvalue weighted by atomic mass is 9.55. The molecule has 3 rings (SSSR count). The molecule has 1 saturated heterocycles. The molecule has 0 bridgehead atoms. The van der Waals surface area contributed by atoms with Crippen LogP contribution in [0.2, 0.25) is 0 Å². The summed E-state index contributed by atoms with van der Waals surface area (Å²) in [5.41, 5.74) is 0.0767. The largest absolute Gasteiger partial charge is 0.443 e. The number of nitrogens with zero attached hydrogens (tertiary/aromatic N) is 2. The number of aromatic nitrogens is 1. The van der Waals surface area contributed by atoms with Crippen LogP contribution in [-0.4, -0.2) is 36.2 Å². The van der Waals surface area contributed by atoms with Gasteiger partial charge in [0.1, 0.15) is 12.3 Å². The molecule has 1 aromatic heterocycles. The van der Waals surface area contributed by atoms with Crippen molar-refractivity contribution in [3.8, 4) is 0 Å². The zero-order chi connectivity index (χ0) is 18.9. The fourth-order valence-electron chi connectivity index (χ4n) is 4.16. The standard InChI is InChI=1S/C20H34N4O2/c1-7-21-18(23-12-15-22-11-14(26-15)19(2,3)4)24-16-13-9-8-10-25-17(13)20(16,5)6/h11,13,16-17H,7-10,12H2,1-6H3,(H2,21,23,24). The van der Waals surface area contributed by atoms with Crippen molar-refractivity contribution in [2.75, 3.05) is 13.2 Å². The molecule has 146 valence electrons. The maximum absolute atomic E-state index is 6.00. The predicted molar refractivity (Wildman–Crippen MR) is 103 cm³/mol. The van der Waals surface area contributed by atoms with Crippen LogP contribution in [0.5, 0.6) is 0 Å². The lowest BCUT2D eigenvalue weighted by Crippen LogP contribution is -2.71. The van der Waals surface area contributed by atoms with Crippen molar-refractivity contribution in [2.45, 2.75) is 78.5 Å². The van der Waals surface area contributed by atoms with Gasteiger partial charge in [0.05, 0.1) is 12.3 Å². The second kappa shape index (κ2) is 7.22. The number of aliphatic imine (C=N–C) groups is 1. The minimum atomic E-state index is -0.0380. The molecule has 26 heavy (non-hydrogen) atoms. The average Bonchev–Trinajstić information content (AvgIpc) is 3.06. The first-order valence-electron chi connectivity index (χ1n) is 9.85. The first kappa shape index (κ1) is 19.2. The summed E-state index contributed by atoms with van der Waals surface area (Å²) in [4.78, 5) is 9.07. The Balaban J connectivity index is 1.67. The smallest absolute Gasteiger partial charge is 0.216 e. The number of hydrogen-bond acceptors (Lipinski definition) is 4. The van der Waals surface area contributed by atoms with Crippen molar-refractivity contribution in [1.82, 2.24) is 15.6 Å². The van der Waals surface area contributed by atoms with E-state index < -0.39 is 0 Å². The number of oxazole rings is 1. The normalized spacial score (nSPS) is 28.2. The maximum atomic E-state index is 6.00. The first-order chi connectivity index (χ1) is 12.2. The van der Waals surface area contributed by atoms with Gasteiger partial charge in [-0.3, -0.25) is 0 Å². The van der Waals surface area contributed by atoms with Crippen molar-refractivity contribution in [3.63, 3.8) is 0 Å². The Hall–Kier alpha value is -1.56. The summed E-state index contributed by atoms with van der Waals surface area (Å²) in [6.45, 7) is 15.2. The van der Waals surface area contributed by atoms with E-state index in [-0.39, 0.29) is 10.8 Å². The molecule has 6 heteroatoms. The van der Waals surface area contributed by atoms with Gasteiger partial charge in [0.15, 0.2) is 5.96 Å². The molecule has 0 spiro atoms. The van der Waals surface area contributed by atoms with E-state index in [1.54, 1.807) is 0 Å². The zero-order valence-corrected chi connectivity index (χ0v) is 17.1. The highest BCUT2D eigenvalue weighted by molar-refractivity contribution is 5.80. The third kappa shape index (κ3) is 3.75. The molecule has 1 aromatic rings. The second-order valence-corrected chi connectivity index (χ2v) is 9.10. The molecule has 2 aliphatic rings. The minimum Gasteiger partial charge on any atom is -0.443 e. The molecular weight excluding hydrogens is 328 g/mol. The Labute approximate surface area is 157 Å². The summed E-state index contributed by atoms with van der Waals surface area (Å²) in [6.07, 6.45) is 4.54. The number of nitrogens with one attached hydrogen (secondary N) is 2. The van der Waals surface area contributed by atoms with Gasteiger partial charge in [0, 0.05) is 35.9 Å². The molecule has 2 fully saturated rings. The monoisotopic (exact) mass is 362 g/mol. The quantitative estimate of drug-likeness (QED) is 0.635. The van der Waals surface area contributed by atoms with Crippen molar-refractivity contribution < 1.29 is 9.15 Å². The number of ether oxygens (including phenoxy) is 1. The number of rotatable bonds is 4. The Bertz CT molecular complexity index is 644. The van der Waals surface area contributed by atoms with Gasteiger partial charge in [-0.2, -0.15) is 0 Å². The lowest BCUT2D eigenvalue weighted by Gasteiger charge is -2.60. The molecule has 2 heterocycles. The molecule has 1 saturated carbocycles. The molecule has 3 atom stereocenters. The van der Waals surface area contributed by atoms with E-state index in [4.69, 9.17) is 14.1 Å². The molecule has 0 amide bonds. The van der Waals surface area contributed by atoms with Gasteiger partial charge in [-0.15, -0.1) is 0 Å². The number of hydrogen-bond donors (Lipinski definition) is 2. The van der Waals surface area contributed by atoms with E-state index in [1.165, 1.54) is 6.42 Å². The fourth-order valence-corrected chi connectivity index (χ4v) is 4.16. The summed E-state index contributed by atoms with van der Waals surface area (Å²) < 4.78 is 11.9. The highest BCUT2D eigenvalue weighted by Gasteiger charge is 2.58. The van der Waals surface area contributed by atoms with Crippen molar-refractivity contribution in [2.24, 2.45) is 16.3 Å². The summed E-state index contributed by atoms with van der Waals surface area (Å²) in [7, 11) is 0. The van der Waals surface area contributed by atoms with E-state index in [1.807, 2.05) is 6.20 Å². The zero-order valence-electron chi connectivity index (χ0n) is 17.1. The van der Waals surface area contributed by atoms with Crippen LogP contribution in [0.1, 0.15) is 66.0 Å². The molecule has 3 unspecified atom stereocenters.